The molecule has 0 heterocycles. The largest absolute Gasteiger partial charge is 0.508 e. The zero-order chi connectivity index (χ0) is 13.0. The number of aliphatic carboxylic acids is 1. The molecular weight excluding hydrogens is 222 g/mol. The molecule has 3 N–H and O–H groups in total. The van der Waals surface area contributed by atoms with Crippen LogP contribution in [-0.4, -0.2) is 22.1 Å². The number of nitrogens with one attached hydrogen (secondary N) is 1. The molecule has 1 aromatic rings. The maximum atomic E-state index is 11.7. The highest BCUT2D eigenvalue weighted by atomic mass is 16.4. The van der Waals surface area contributed by atoms with Crippen LogP contribution in [0.4, 0.5) is 5.69 Å². The highest BCUT2D eigenvalue weighted by Crippen LogP contribution is 2.18. The fourth-order valence-electron chi connectivity index (χ4n) is 1.28. The highest BCUT2D eigenvalue weighted by molar-refractivity contribution is 5.94. The minimum Gasteiger partial charge on any atom is -0.508 e. The quantitative estimate of drug-likeness (QED) is 0.743. The zero-order valence-corrected chi connectivity index (χ0v) is 9.68. The lowest BCUT2D eigenvalue weighted by atomic mass is 9.95. The van der Waals surface area contributed by atoms with Gasteiger partial charge < -0.3 is 15.5 Å². The van der Waals surface area contributed by atoms with Crippen LogP contribution in [0.5, 0.6) is 5.75 Å². The lowest BCUT2D eigenvalue weighted by Gasteiger charge is -2.15. The lowest BCUT2D eigenvalue weighted by Crippen LogP contribution is -2.29. The van der Waals surface area contributed by atoms with Gasteiger partial charge in [-0.15, -0.1) is 0 Å². The van der Waals surface area contributed by atoms with Crippen molar-refractivity contribution in [2.45, 2.75) is 13.8 Å². The molecule has 0 saturated heterocycles. The Balaban J connectivity index is 2.69. The van der Waals surface area contributed by atoms with E-state index in [1.807, 2.05) is 0 Å². The van der Waals surface area contributed by atoms with E-state index in [1.54, 1.807) is 19.1 Å². The normalized spacial score (nSPS) is 13.8. The summed E-state index contributed by atoms with van der Waals surface area (Å²) in [6.07, 6.45) is 0. The van der Waals surface area contributed by atoms with Gasteiger partial charge in [0.25, 0.3) is 0 Å². The first kappa shape index (κ1) is 13.0. The third-order valence-corrected chi connectivity index (χ3v) is 2.67. The van der Waals surface area contributed by atoms with E-state index >= 15 is 0 Å². The van der Waals surface area contributed by atoms with E-state index in [-0.39, 0.29) is 11.7 Å². The molecule has 0 radical (unpaired) electrons. The zero-order valence-electron chi connectivity index (χ0n) is 9.68. The first-order valence-electron chi connectivity index (χ1n) is 5.24. The Bertz CT molecular complexity index is 430. The predicted octanol–water partition coefficient (Wildman–Crippen LogP) is 1.69. The van der Waals surface area contributed by atoms with Crippen molar-refractivity contribution in [1.29, 1.82) is 0 Å². The Morgan fingerprint density at radius 2 is 1.88 bits per heavy atom. The molecule has 5 nitrogen and oxygen atoms in total. The van der Waals surface area contributed by atoms with Crippen LogP contribution in [0.2, 0.25) is 0 Å². The molecule has 0 aliphatic rings. The van der Waals surface area contributed by atoms with Gasteiger partial charge in [0, 0.05) is 17.7 Å². The maximum absolute atomic E-state index is 11.7. The average molecular weight is 237 g/mol. The molecule has 0 spiro atoms. The van der Waals surface area contributed by atoms with E-state index in [0.717, 1.165) is 0 Å². The number of carbonyl (C=O) groups excluding carboxylic acids is 1. The number of hydrogen-bond donors (Lipinski definition) is 3. The first-order valence-corrected chi connectivity index (χ1v) is 5.24. The molecule has 1 aromatic carbocycles. The molecule has 1 rings (SSSR count). The summed E-state index contributed by atoms with van der Waals surface area (Å²) in [6, 6.07) is 6.10. The van der Waals surface area contributed by atoms with Gasteiger partial charge in [0.05, 0.1) is 5.92 Å². The average Bonchev–Trinajstić information content (AvgIpc) is 2.26. The van der Waals surface area contributed by atoms with E-state index in [1.165, 1.54) is 19.1 Å². The van der Waals surface area contributed by atoms with Gasteiger partial charge in [-0.3, -0.25) is 9.59 Å². The van der Waals surface area contributed by atoms with Crippen molar-refractivity contribution in [1.82, 2.24) is 0 Å². The van der Waals surface area contributed by atoms with Crippen LogP contribution in [0, 0.1) is 11.8 Å². The predicted molar refractivity (Wildman–Crippen MR) is 62.7 cm³/mol. The summed E-state index contributed by atoms with van der Waals surface area (Å²) in [5.74, 6) is -2.75. The van der Waals surface area contributed by atoms with Gasteiger partial charge >= 0.3 is 5.97 Å². The highest BCUT2D eigenvalue weighted by Gasteiger charge is 2.25. The van der Waals surface area contributed by atoms with Crippen molar-refractivity contribution in [2.75, 3.05) is 5.32 Å². The Labute approximate surface area is 99.1 Å². The molecule has 0 aliphatic heterocycles. The summed E-state index contributed by atoms with van der Waals surface area (Å²) in [5.41, 5.74) is 0.444. The second kappa shape index (κ2) is 5.34. The topological polar surface area (TPSA) is 86.6 Å². The number of benzene rings is 1. The van der Waals surface area contributed by atoms with Gasteiger partial charge in [0.1, 0.15) is 5.75 Å². The molecule has 92 valence electrons. The number of phenols is 1. The van der Waals surface area contributed by atoms with Crippen molar-refractivity contribution in [3.63, 3.8) is 0 Å². The van der Waals surface area contributed by atoms with E-state index in [9.17, 15) is 14.7 Å². The molecule has 2 unspecified atom stereocenters. The molecule has 0 bridgehead atoms. The number of carboxylic acids is 1. The number of carbonyl (C=O) groups is 2. The van der Waals surface area contributed by atoms with Crippen molar-refractivity contribution in [3.05, 3.63) is 24.3 Å². The second-order valence-electron chi connectivity index (χ2n) is 3.96. The molecule has 1 amide bonds. The Kier molecular flexibility index (Phi) is 4.09. The second-order valence-corrected chi connectivity index (χ2v) is 3.96. The summed E-state index contributed by atoms with van der Waals surface area (Å²) >= 11 is 0. The standard InChI is InChI=1S/C12H15NO4/c1-7(8(2)12(16)17)11(15)13-9-4-3-5-10(14)6-9/h3-8,14H,1-2H3,(H,13,15)(H,16,17). The minimum atomic E-state index is -1.01. The molecule has 0 aromatic heterocycles. The van der Waals surface area contributed by atoms with Gasteiger partial charge in [0.2, 0.25) is 5.91 Å². The van der Waals surface area contributed by atoms with Crippen molar-refractivity contribution in [3.8, 4) is 5.75 Å². The van der Waals surface area contributed by atoms with E-state index in [4.69, 9.17) is 5.11 Å². The van der Waals surface area contributed by atoms with Crippen LogP contribution < -0.4 is 5.32 Å². The summed E-state index contributed by atoms with van der Waals surface area (Å²) in [5, 5.41) is 20.6. The molecule has 0 fully saturated rings. The lowest BCUT2D eigenvalue weighted by molar-refractivity contribution is -0.145. The number of anilines is 1. The molecule has 2 atom stereocenters. The fraction of sp³-hybridized carbons (Fsp3) is 0.333. The van der Waals surface area contributed by atoms with Crippen molar-refractivity contribution >= 4 is 17.6 Å². The van der Waals surface area contributed by atoms with Crippen LogP contribution in [0.3, 0.4) is 0 Å². The van der Waals surface area contributed by atoms with Gasteiger partial charge in [-0.1, -0.05) is 19.9 Å². The van der Waals surface area contributed by atoms with E-state index < -0.39 is 17.8 Å². The monoisotopic (exact) mass is 237 g/mol. The smallest absolute Gasteiger partial charge is 0.307 e. The number of phenolic OH excluding ortho intramolecular Hbond substituents is 1. The van der Waals surface area contributed by atoms with E-state index in [0.29, 0.717) is 5.69 Å². The van der Waals surface area contributed by atoms with E-state index in [2.05, 4.69) is 5.32 Å². The van der Waals surface area contributed by atoms with Gasteiger partial charge in [-0.2, -0.15) is 0 Å². The summed E-state index contributed by atoms with van der Waals surface area (Å²) in [4.78, 5) is 22.4. The van der Waals surface area contributed by atoms with Gasteiger partial charge in [-0.25, -0.2) is 0 Å². The van der Waals surface area contributed by atoms with Crippen LogP contribution in [0.15, 0.2) is 24.3 Å². The Hall–Kier alpha value is -2.04. The number of amides is 1. The molecule has 0 saturated carbocycles. The van der Waals surface area contributed by atoms with Gasteiger partial charge in [0.15, 0.2) is 0 Å². The molecule has 17 heavy (non-hydrogen) atoms. The fourth-order valence-corrected chi connectivity index (χ4v) is 1.28. The Morgan fingerprint density at radius 1 is 1.24 bits per heavy atom. The van der Waals surface area contributed by atoms with Gasteiger partial charge in [-0.05, 0) is 12.1 Å². The summed E-state index contributed by atoms with van der Waals surface area (Å²) in [6.45, 7) is 3.03. The van der Waals surface area contributed by atoms with Crippen molar-refractivity contribution < 1.29 is 19.8 Å². The number of aromatic hydroxyl groups is 1. The van der Waals surface area contributed by atoms with Crippen LogP contribution in [0.1, 0.15) is 13.8 Å². The molecular formula is C12H15NO4. The third kappa shape index (κ3) is 3.48. The minimum absolute atomic E-state index is 0.0433. The first-order chi connectivity index (χ1) is 7.91. The molecule has 0 aliphatic carbocycles. The van der Waals surface area contributed by atoms with Crippen molar-refractivity contribution in [2.24, 2.45) is 11.8 Å². The van der Waals surface area contributed by atoms with Crippen LogP contribution in [-0.2, 0) is 9.59 Å². The number of hydrogen-bond acceptors (Lipinski definition) is 3. The third-order valence-electron chi connectivity index (χ3n) is 2.67. The number of carboxylic acid groups (broad SMARTS) is 1. The number of rotatable bonds is 4. The Morgan fingerprint density at radius 3 is 2.41 bits per heavy atom. The van der Waals surface area contributed by atoms with Crippen LogP contribution >= 0.6 is 0 Å². The molecule has 5 heteroatoms. The van der Waals surface area contributed by atoms with Crippen LogP contribution in [0.25, 0.3) is 0 Å². The summed E-state index contributed by atoms with van der Waals surface area (Å²) < 4.78 is 0. The SMILES string of the molecule is CC(C(=O)O)C(C)C(=O)Nc1cccc(O)c1. The summed E-state index contributed by atoms with van der Waals surface area (Å²) in [7, 11) is 0. The maximum Gasteiger partial charge on any atom is 0.307 e.